The van der Waals surface area contributed by atoms with E-state index in [4.69, 9.17) is 5.84 Å². The molecule has 124 valence electrons. The van der Waals surface area contributed by atoms with Crippen molar-refractivity contribution in [1.82, 2.24) is 14.9 Å². The average Bonchev–Trinajstić information content (AvgIpc) is 3.20. The molecule has 6 nitrogen and oxygen atoms in total. The van der Waals surface area contributed by atoms with Gasteiger partial charge in [-0.25, -0.2) is 4.68 Å². The fourth-order valence-electron chi connectivity index (χ4n) is 2.09. The monoisotopic (exact) mass is 359 g/mol. The number of anilines is 1. The van der Waals surface area contributed by atoms with Gasteiger partial charge in [0.15, 0.2) is 5.82 Å². The van der Waals surface area contributed by atoms with Crippen molar-refractivity contribution in [3.05, 3.63) is 47.3 Å². The van der Waals surface area contributed by atoms with Crippen LogP contribution in [0.3, 0.4) is 0 Å². The first kappa shape index (κ1) is 16.5. The molecule has 0 saturated heterocycles. The summed E-state index contributed by atoms with van der Waals surface area (Å²) in [6, 6.07) is 11.5. The van der Waals surface area contributed by atoms with Gasteiger partial charge < -0.3 is 11.2 Å². The summed E-state index contributed by atoms with van der Waals surface area (Å²) in [7, 11) is 0. The van der Waals surface area contributed by atoms with Crippen LogP contribution in [0.1, 0.15) is 12.5 Å². The van der Waals surface area contributed by atoms with Gasteiger partial charge in [-0.3, -0.25) is 4.79 Å². The Morgan fingerprint density at radius 1 is 1.29 bits per heavy atom. The Morgan fingerprint density at radius 2 is 2.08 bits per heavy atom. The summed E-state index contributed by atoms with van der Waals surface area (Å²) in [4.78, 5) is 13.3. The van der Waals surface area contributed by atoms with Gasteiger partial charge in [-0.15, -0.1) is 21.5 Å². The number of carbonyl (C=O) groups excluding carboxylic acids is 1. The van der Waals surface area contributed by atoms with Crippen LogP contribution in [-0.4, -0.2) is 26.0 Å². The number of hydrogen-bond acceptors (Lipinski definition) is 6. The van der Waals surface area contributed by atoms with Crippen LogP contribution in [0.2, 0.25) is 0 Å². The van der Waals surface area contributed by atoms with Crippen LogP contribution in [0.5, 0.6) is 0 Å². The summed E-state index contributed by atoms with van der Waals surface area (Å²) >= 11 is 2.82. The molecule has 3 rings (SSSR count). The normalized spacial score (nSPS) is 12.1. The number of nitrogens with one attached hydrogen (secondary N) is 1. The summed E-state index contributed by atoms with van der Waals surface area (Å²) in [6.07, 6.45) is 0. The lowest BCUT2D eigenvalue weighted by molar-refractivity contribution is -0.115. The molecule has 0 saturated carbocycles. The second-order valence-electron chi connectivity index (χ2n) is 5.22. The predicted molar refractivity (Wildman–Crippen MR) is 98.6 cm³/mol. The molecule has 8 heteroatoms. The third-order valence-corrected chi connectivity index (χ3v) is 5.38. The highest BCUT2D eigenvalue weighted by atomic mass is 32.2. The van der Waals surface area contributed by atoms with Crippen LogP contribution in [0.4, 0.5) is 5.69 Å². The molecule has 2 aromatic heterocycles. The number of para-hydroxylation sites is 1. The van der Waals surface area contributed by atoms with Crippen molar-refractivity contribution in [2.75, 3.05) is 11.2 Å². The second-order valence-corrected chi connectivity index (χ2v) is 7.47. The Labute approximate surface area is 148 Å². The minimum absolute atomic E-state index is 0.102. The van der Waals surface area contributed by atoms with E-state index in [1.54, 1.807) is 11.3 Å². The summed E-state index contributed by atoms with van der Waals surface area (Å²) in [6.45, 7) is 3.77. The molecule has 24 heavy (non-hydrogen) atoms. The Balaban J connectivity index is 1.70. The first-order valence-corrected chi connectivity index (χ1v) is 9.09. The van der Waals surface area contributed by atoms with Gasteiger partial charge in [0.1, 0.15) is 0 Å². The fourth-order valence-corrected chi connectivity index (χ4v) is 3.57. The lowest BCUT2D eigenvalue weighted by Crippen LogP contribution is -2.24. The zero-order valence-corrected chi connectivity index (χ0v) is 14.9. The molecule has 1 amide bonds. The van der Waals surface area contributed by atoms with Gasteiger partial charge in [0.25, 0.3) is 0 Å². The van der Waals surface area contributed by atoms with Crippen molar-refractivity contribution in [3.63, 3.8) is 0 Å². The molecule has 1 atom stereocenters. The summed E-state index contributed by atoms with van der Waals surface area (Å²) < 4.78 is 1.42. The maximum absolute atomic E-state index is 12.4. The molecule has 0 aliphatic heterocycles. The molecule has 0 spiro atoms. The molecule has 0 bridgehead atoms. The number of thiophene rings is 1. The summed E-state index contributed by atoms with van der Waals surface area (Å²) in [5.41, 5.74) is 1.83. The van der Waals surface area contributed by atoms with Crippen LogP contribution in [0.15, 0.2) is 46.9 Å². The van der Waals surface area contributed by atoms with E-state index in [1.165, 1.54) is 16.4 Å². The summed E-state index contributed by atoms with van der Waals surface area (Å²) in [5.74, 6) is 6.56. The summed E-state index contributed by atoms with van der Waals surface area (Å²) in [5, 5.41) is 13.2. The van der Waals surface area contributed by atoms with E-state index in [0.29, 0.717) is 11.0 Å². The van der Waals surface area contributed by atoms with Crippen molar-refractivity contribution < 1.29 is 4.79 Å². The van der Waals surface area contributed by atoms with Crippen molar-refractivity contribution in [1.29, 1.82) is 0 Å². The highest BCUT2D eigenvalue weighted by Crippen LogP contribution is 2.27. The first-order valence-electron chi connectivity index (χ1n) is 7.34. The molecule has 0 fully saturated rings. The van der Waals surface area contributed by atoms with E-state index in [1.807, 2.05) is 55.6 Å². The van der Waals surface area contributed by atoms with Crippen LogP contribution < -0.4 is 11.2 Å². The number of rotatable bonds is 5. The molecular formula is C16H17N5OS2. The van der Waals surface area contributed by atoms with Gasteiger partial charge in [-0.05, 0) is 36.9 Å². The largest absolute Gasteiger partial charge is 0.335 e. The topological polar surface area (TPSA) is 85.8 Å². The third-order valence-electron chi connectivity index (χ3n) is 3.46. The quantitative estimate of drug-likeness (QED) is 0.540. The van der Waals surface area contributed by atoms with Gasteiger partial charge in [0.2, 0.25) is 11.1 Å². The molecule has 2 heterocycles. The predicted octanol–water partition coefficient (Wildman–Crippen LogP) is 3.15. The highest BCUT2D eigenvalue weighted by Gasteiger charge is 2.20. The molecular weight excluding hydrogens is 342 g/mol. The van der Waals surface area contributed by atoms with Crippen molar-refractivity contribution in [3.8, 4) is 10.7 Å². The molecule has 0 radical (unpaired) electrons. The van der Waals surface area contributed by atoms with E-state index < -0.39 is 0 Å². The second kappa shape index (κ2) is 7.06. The molecule has 3 N–H and O–H groups in total. The van der Waals surface area contributed by atoms with Crippen molar-refractivity contribution in [2.45, 2.75) is 24.3 Å². The van der Waals surface area contributed by atoms with Gasteiger partial charge in [-0.1, -0.05) is 36.0 Å². The molecule has 1 unspecified atom stereocenters. The zero-order chi connectivity index (χ0) is 17.1. The van der Waals surface area contributed by atoms with Gasteiger partial charge in [-0.2, -0.15) is 0 Å². The lowest BCUT2D eigenvalue weighted by Gasteiger charge is -2.12. The molecule has 3 aromatic rings. The van der Waals surface area contributed by atoms with Gasteiger partial charge in [0, 0.05) is 5.69 Å². The van der Waals surface area contributed by atoms with E-state index in [9.17, 15) is 4.79 Å². The standard InChI is InChI=1S/C16H17N5OS2/c1-10-6-3-4-7-12(10)18-15(22)11(2)24-16-20-19-14(21(16)17)13-8-5-9-23-13/h3-9,11H,17H2,1-2H3,(H,18,22). The molecule has 1 aromatic carbocycles. The number of benzene rings is 1. The number of aryl methyl sites for hydroxylation is 1. The number of carbonyl (C=O) groups is 1. The number of hydrogen-bond donors (Lipinski definition) is 2. The third kappa shape index (κ3) is 3.44. The number of nitrogens with zero attached hydrogens (tertiary/aromatic N) is 3. The fraction of sp³-hybridized carbons (Fsp3) is 0.188. The van der Waals surface area contributed by atoms with E-state index in [-0.39, 0.29) is 11.2 Å². The van der Waals surface area contributed by atoms with E-state index in [2.05, 4.69) is 15.5 Å². The molecule has 0 aliphatic carbocycles. The van der Waals surface area contributed by atoms with Crippen LogP contribution in [-0.2, 0) is 4.79 Å². The number of nitrogens with two attached hydrogens (primary N) is 1. The number of aromatic nitrogens is 3. The minimum atomic E-state index is -0.354. The van der Waals surface area contributed by atoms with Gasteiger partial charge in [0.05, 0.1) is 10.1 Å². The Hall–Kier alpha value is -2.32. The molecule has 0 aliphatic rings. The maximum Gasteiger partial charge on any atom is 0.237 e. The Bertz CT molecular complexity index is 844. The van der Waals surface area contributed by atoms with Crippen molar-refractivity contribution >= 4 is 34.7 Å². The first-order chi connectivity index (χ1) is 11.6. The minimum Gasteiger partial charge on any atom is -0.335 e. The van der Waals surface area contributed by atoms with Gasteiger partial charge >= 0.3 is 0 Å². The lowest BCUT2D eigenvalue weighted by atomic mass is 10.2. The van der Waals surface area contributed by atoms with Crippen LogP contribution in [0.25, 0.3) is 10.7 Å². The number of nitrogen functional groups attached to an aromatic ring is 1. The Morgan fingerprint density at radius 3 is 2.79 bits per heavy atom. The smallest absolute Gasteiger partial charge is 0.237 e. The highest BCUT2D eigenvalue weighted by molar-refractivity contribution is 8.00. The Kier molecular flexibility index (Phi) is 4.86. The SMILES string of the molecule is Cc1ccccc1NC(=O)C(C)Sc1nnc(-c2cccs2)n1N. The average molecular weight is 359 g/mol. The maximum atomic E-state index is 12.4. The van der Waals surface area contributed by atoms with E-state index in [0.717, 1.165) is 16.1 Å². The van der Waals surface area contributed by atoms with E-state index >= 15 is 0 Å². The van der Waals surface area contributed by atoms with Crippen LogP contribution in [0, 0.1) is 6.92 Å². The zero-order valence-electron chi connectivity index (χ0n) is 13.3. The number of amides is 1. The van der Waals surface area contributed by atoms with Crippen molar-refractivity contribution in [2.24, 2.45) is 0 Å². The number of thioether (sulfide) groups is 1. The van der Waals surface area contributed by atoms with Crippen LogP contribution >= 0.6 is 23.1 Å².